The zero-order valence-corrected chi connectivity index (χ0v) is 14.5. The van der Waals surface area contributed by atoms with Crippen LogP contribution in [0.1, 0.15) is 17.3 Å². The lowest BCUT2D eigenvalue weighted by molar-refractivity contribution is -0.117. The molecule has 0 aliphatic rings. The summed E-state index contributed by atoms with van der Waals surface area (Å²) in [5.74, 6) is -1.65. The summed E-state index contributed by atoms with van der Waals surface area (Å²) in [5, 5.41) is 18.7. The van der Waals surface area contributed by atoms with Crippen molar-refractivity contribution in [1.82, 2.24) is 15.6 Å². The zero-order valence-electron chi connectivity index (χ0n) is 14.5. The molecular weight excluding hydrogens is 357 g/mol. The van der Waals surface area contributed by atoms with Gasteiger partial charge in [0.25, 0.3) is 5.91 Å². The molecule has 0 saturated heterocycles. The second-order valence-electron chi connectivity index (χ2n) is 5.48. The average molecular weight is 375 g/mol. The van der Waals surface area contributed by atoms with Crippen molar-refractivity contribution in [1.29, 1.82) is 0 Å². The molecule has 1 aromatic heterocycles. The lowest BCUT2D eigenvalue weighted by Crippen LogP contribution is -2.41. The Hall–Kier alpha value is -3.69. The van der Waals surface area contributed by atoms with E-state index in [1.165, 1.54) is 38.4 Å². The van der Waals surface area contributed by atoms with Crippen molar-refractivity contribution >= 4 is 35.0 Å². The number of nitrogens with one attached hydrogen (secondary N) is 4. The molecule has 0 spiro atoms. The number of benzene rings is 1. The monoisotopic (exact) mass is 375 g/mol. The average Bonchev–Trinajstić information content (AvgIpc) is 2.61. The van der Waals surface area contributed by atoms with Gasteiger partial charge in [-0.3, -0.25) is 14.6 Å². The quantitative estimate of drug-likeness (QED) is 0.524. The Balaban J connectivity index is 2.40. The molecule has 1 atom stereocenters. The van der Waals surface area contributed by atoms with Crippen LogP contribution in [-0.4, -0.2) is 41.1 Å². The number of pyridine rings is 1. The van der Waals surface area contributed by atoms with Gasteiger partial charge in [0.2, 0.25) is 5.91 Å². The molecule has 0 bridgehead atoms. The van der Waals surface area contributed by atoms with Crippen LogP contribution in [0, 0.1) is 5.82 Å². The molecule has 5 N–H and O–H groups in total. The Bertz CT molecular complexity index is 874. The van der Waals surface area contributed by atoms with Crippen molar-refractivity contribution in [3.05, 3.63) is 48.0 Å². The maximum atomic E-state index is 13.4. The van der Waals surface area contributed by atoms with Gasteiger partial charge in [0, 0.05) is 13.1 Å². The fourth-order valence-corrected chi connectivity index (χ4v) is 2.23. The predicted molar refractivity (Wildman–Crippen MR) is 96.6 cm³/mol. The van der Waals surface area contributed by atoms with E-state index in [-0.39, 0.29) is 22.6 Å². The molecular formula is C17H18FN5O4. The highest BCUT2D eigenvalue weighted by molar-refractivity contribution is 6.06. The Kier molecular flexibility index (Phi) is 6.26. The topological polar surface area (TPSA) is 132 Å². The lowest BCUT2D eigenvalue weighted by atomic mass is 10.1. The number of amides is 3. The van der Waals surface area contributed by atoms with Crippen molar-refractivity contribution in [2.24, 2.45) is 0 Å². The highest BCUT2D eigenvalue weighted by Gasteiger charge is 2.19. The van der Waals surface area contributed by atoms with E-state index >= 15 is 0 Å². The Morgan fingerprint density at radius 3 is 2.59 bits per heavy atom. The molecule has 0 radical (unpaired) electrons. The number of halogens is 1. The van der Waals surface area contributed by atoms with E-state index in [2.05, 4.69) is 20.9 Å². The summed E-state index contributed by atoms with van der Waals surface area (Å²) in [6.07, 6.45) is 1.03. The van der Waals surface area contributed by atoms with Crippen LogP contribution < -0.4 is 21.3 Å². The summed E-state index contributed by atoms with van der Waals surface area (Å²) in [6, 6.07) is 4.73. The first-order valence-electron chi connectivity index (χ1n) is 7.84. The van der Waals surface area contributed by atoms with Crippen LogP contribution in [-0.2, 0) is 4.79 Å². The minimum absolute atomic E-state index is 0.193. The van der Waals surface area contributed by atoms with E-state index in [1.54, 1.807) is 6.07 Å². The fourth-order valence-electron chi connectivity index (χ4n) is 2.23. The van der Waals surface area contributed by atoms with E-state index in [0.29, 0.717) is 0 Å². The normalized spacial score (nSPS) is 11.2. The first-order valence-corrected chi connectivity index (χ1v) is 7.84. The fraction of sp³-hybridized carbons (Fsp3) is 0.176. The van der Waals surface area contributed by atoms with Crippen molar-refractivity contribution < 1.29 is 23.9 Å². The summed E-state index contributed by atoms with van der Waals surface area (Å²) in [6.45, 7) is 1.37. The van der Waals surface area contributed by atoms with Crippen LogP contribution in [0.25, 0.3) is 0 Å². The highest BCUT2D eigenvalue weighted by atomic mass is 19.1. The van der Waals surface area contributed by atoms with Gasteiger partial charge in [-0.2, -0.15) is 0 Å². The summed E-state index contributed by atoms with van der Waals surface area (Å²) in [7, 11) is 1.44. The number of aromatic nitrogens is 1. The SMILES string of the molecule is CNC(=O)c1cccc(NC(=O)C(C)NC(=O)O)c1Nc1cncc(F)c1. The number of nitrogens with zero attached hydrogens (tertiary/aromatic N) is 1. The summed E-state index contributed by atoms with van der Waals surface area (Å²) in [4.78, 5) is 38.8. The minimum atomic E-state index is -1.35. The minimum Gasteiger partial charge on any atom is -0.465 e. The van der Waals surface area contributed by atoms with Crippen LogP contribution in [0.2, 0.25) is 0 Å². The maximum absolute atomic E-state index is 13.4. The first-order chi connectivity index (χ1) is 12.8. The second-order valence-corrected chi connectivity index (χ2v) is 5.48. The number of carbonyl (C=O) groups is 3. The molecule has 10 heteroatoms. The lowest BCUT2D eigenvalue weighted by Gasteiger charge is -2.18. The number of hydrogen-bond acceptors (Lipinski definition) is 5. The number of para-hydroxylation sites is 1. The van der Waals surface area contributed by atoms with E-state index < -0.39 is 29.8 Å². The van der Waals surface area contributed by atoms with Crippen molar-refractivity contribution in [3.63, 3.8) is 0 Å². The van der Waals surface area contributed by atoms with Gasteiger partial charge >= 0.3 is 6.09 Å². The molecule has 3 amide bonds. The van der Waals surface area contributed by atoms with Crippen molar-refractivity contribution in [2.45, 2.75) is 13.0 Å². The van der Waals surface area contributed by atoms with E-state index in [1.807, 2.05) is 5.32 Å². The first kappa shape index (κ1) is 19.6. The molecule has 2 aromatic rings. The van der Waals surface area contributed by atoms with Crippen LogP contribution >= 0.6 is 0 Å². The molecule has 1 unspecified atom stereocenters. The van der Waals surface area contributed by atoms with Gasteiger partial charge in [0.15, 0.2) is 0 Å². The van der Waals surface area contributed by atoms with E-state index in [9.17, 15) is 18.8 Å². The third-order valence-corrected chi connectivity index (χ3v) is 3.50. The van der Waals surface area contributed by atoms with Gasteiger partial charge in [-0.15, -0.1) is 0 Å². The Morgan fingerprint density at radius 2 is 1.96 bits per heavy atom. The molecule has 0 aliphatic heterocycles. The molecule has 0 fully saturated rings. The molecule has 142 valence electrons. The van der Waals surface area contributed by atoms with Gasteiger partial charge in [-0.1, -0.05) is 6.07 Å². The predicted octanol–water partition coefficient (Wildman–Crippen LogP) is 1.92. The number of carboxylic acid groups (broad SMARTS) is 1. The van der Waals surface area contributed by atoms with Gasteiger partial charge in [0.05, 0.1) is 35.0 Å². The van der Waals surface area contributed by atoms with Crippen molar-refractivity contribution in [2.75, 3.05) is 17.7 Å². The summed E-state index contributed by atoms with van der Waals surface area (Å²) in [5.41, 5.74) is 0.876. The van der Waals surface area contributed by atoms with Crippen molar-refractivity contribution in [3.8, 4) is 0 Å². The Labute approximate surface area is 154 Å². The molecule has 0 saturated carbocycles. The van der Waals surface area contributed by atoms with Gasteiger partial charge in [-0.25, -0.2) is 9.18 Å². The third-order valence-electron chi connectivity index (χ3n) is 3.50. The van der Waals surface area contributed by atoms with Crippen LogP contribution in [0.4, 0.5) is 26.2 Å². The van der Waals surface area contributed by atoms with Crippen LogP contribution in [0.3, 0.4) is 0 Å². The zero-order chi connectivity index (χ0) is 20.0. The van der Waals surface area contributed by atoms with Crippen LogP contribution in [0.15, 0.2) is 36.7 Å². The summed E-state index contributed by atoms with van der Waals surface area (Å²) >= 11 is 0. The standard InChI is InChI=1S/C17H18FN5O4/c1-9(21-17(26)27)15(24)23-13-5-3-4-12(16(25)19-2)14(13)22-11-6-10(18)7-20-8-11/h3-9,21-22H,1-2H3,(H,19,25)(H,23,24)(H,26,27). The smallest absolute Gasteiger partial charge is 0.405 e. The second kappa shape index (κ2) is 8.61. The third kappa shape index (κ3) is 5.14. The number of carbonyl (C=O) groups excluding carboxylic acids is 2. The molecule has 1 heterocycles. The van der Waals surface area contributed by atoms with Crippen LogP contribution in [0.5, 0.6) is 0 Å². The molecule has 0 aliphatic carbocycles. The van der Waals surface area contributed by atoms with E-state index in [0.717, 1.165) is 6.20 Å². The highest BCUT2D eigenvalue weighted by Crippen LogP contribution is 2.30. The van der Waals surface area contributed by atoms with Gasteiger partial charge < -0.3 is 26.4 Å². The van der Waals surface area contributed by atoms with Gasteiger partial charge in [0.1, 0.15) is 11.9 Å². The summed E-state index contributed by atoms with van der Waals surface area (Å²) < 4.78 is 13.4. The Morgan fingerprint density at radius 1 is 1.22 bits per heavy atom. The van der Waals surface area contributed by atoms with E-state index in [4.69, 9.17) is 5.11 Å². The largest absolute Gasteiger partial charge is 0.465 e. The number of hydrogen-bond donors (Lipinski definition) is 5. The molecule has 2 rings (SSSR count). The molecule has 27 heavy (non-hydrogen) atoms. The molecule has 1 aromatic carbocycles. The maximum Gasteiger partial charge on any atom is 0.405 e. The number of anilines is 3. The molecule has 9 nitrogen and oxygen atoms in total. The van der Waals surface area contributed by atoms with Gasteiger partial charge in [-0.05, 0) is 19.1 Å². The number of rotatable bonds is 6.